The molecule has 0 N–H and O–H groups in total. The Labute approximate surface area is 142 Å². The van der Waals surface area contributed by atoms with Gasteiger partial charge in [0.1, 0.15) is 12.4 Å². The summed E-state index contributed by atoms with van der Waals surface area (Å²) in [5.74, 6) is 0.948. The van der Waals surface area contributed by atoms with Crippen molar-refractivity contribution in [2.24, 2.45) is 0 Å². The predicted octanol–water partition coefficient (Wildman–Crippen LogP) is 5.44. The van der Waals surface area contributed by atoms with Crippen molar-refractivity contribution in [3.05, 3.63) is 89.5 Å². The fraction of sp³-hybridized carbons (Fsp3) is 0.136. The molecule has 0 bridgehead atoms. The molecule has 3 rings (SSSR count). The maximum atomic E-state index is 11.5. The Balaban J connectivity index is 1.72. The molecule has 0 saturated carbocycles. The van der Waals surface area contributed by atoms with E-state index in [1.807, 2.05) is 73.7 Å². The van der Waals surface area contributed by atoms with E-state index in [-0.39, 0.29) is 5.78 Å². The van der Waals surface area contributed by atoms with Crippen molar-refractivity contribution >= 4 is 5.78 Å². The molecule has 120 valence electrons. The van der Waals surface area contributed by atoms with Crippen LogP contribution in [0.1, 0.15) is 28.4 Å². The van der Waals surface area contributed by atoms with Gasteiger partial charge >= 0.3 is 0 Å². The molecule has 3 aromatic rings. The number of ether oxygens (including phenoxy) is 1. The summed E-state index contributed by atoms with van der Waals surface area (Å²) in [4.78, 5) is 11.5. The lowest BCUT2D eigenvalue weighted by Crippen LogP contribution is -1.96. The minimum absolute atomic E-state index is 0.101. The molecule has 0 aliphatic rings. The average Bonchev–Trinajstić information content (AvgIpc) is 2.61. The largest absolute Gasteiger partial charge is 0.489 e. The molecule has 0 unspecified atom stereocenters. The lowest BCUT2D eigenvalue weighted by atomic mass is 9.98. The van der Waals surface area contributed by atoms with E-state index in [0.29, 0.717) is 6.61 Å². The summed E-state index contributed by atoms with van der Waals surface area (Å²) in [6.07, 6.45) is 0. The molecule has 0 heterocycles. The van der Waals surface area contributed by atoms with E-state index < -0.39 is 0 Å². The third-order valence-electron chi connectivity index (χ3n) is 4.04. The molecular weight excluding hydrogens is 296 g/mol. The number of benzene rings is 3. The van der Waals surface area contributed by atoms with Gasteiger partial charge in [0.05, 0.1) is 0 Å². The number of hydrogen-bond acceptors (Lipinski definition) is 2. The third-order valence-corrected chi connectivity index (χ3v) is 4.04. The van der Waals surface area contributed by atoms with E-state index in [1.54, 1.807) is 6.92 Å². The number of ketones is 1. The summed E-state index contributed by atoms with van der Waals surface area (Å²) in [6.45, 7) is 4.13. The highest BCUT2D eigenvalue weighted by molar-refractivity contribution is 5.96. The van der Waals surface area contributed by atoms with Gasteiger partial charge in [-0.1, -0.05) is 60.7 Å². The number of aryl methyl sites for hydroxylation is 1. The first kappa shape index (κ1) is 16.0. The molecule has 0 spiro atoms. The highest BCUT2D eigenvalue weighted by atomic mass is 16.5. The summed E-state index contributed by atoms with van der Waals surface area (Å²) < 4.78 is 5.81. The zero-order chi connectivity index (χ0) is 16.9. The molecule has 2 heteroatoms. The Kier molecular flexibility index (Phi) is 4.76. The first-order valence-corrected chi connectivity index (χ1v) is 8.02. The van der Waals surface area contributed by atoms with Crippen LogP contribution in [0.4, 0.5) is 0 Å². The van der Waals surface area contributed by atoms with Gasteiger partial charge < -0.3 is 4.74 Å². The number of Topliss-reactive ketones (excluding diaryl/α,β-unsaturated/α-hetero) is 1. The second-order valence-electron chi connectivity index (χ2n) is 5.88. The molecule has 0 aromatic heterocycles. The zero-order valence-electron chi connectivity index (χ0n) is 14.0. The summed E-state index contributed by atoms with van der Waals surface area (Å²) in [5.41, 5.74) is 5.15. The van der Waals surface area contributed by atoms with Crippen LogP contribution in [0.15, 0.2) is 72.8 Å². The van der Waals surface area contributed by atoms with Crippen molar-refractivity contribution in [3.63, 3.8) is 0 Å². The quantitative estimate of drug-likeness (QED) is 0.586. The summed E-state index contributed by atoms with van der Waals surface area (Å²) in [6, 6.07) is 24.1. The van der Waals surface area contributed by atoms with Gasteiger partial charge in [0.2, 0.25) is 0 Å². The smallest absolute Gasteiger partial charge is 0.160 e. The van der Waals surface area contributed by atoms with E-state index in [2.05, 4.69) is 6.07 Å². The van der Waals surface area contributed by atoms with Crippen molar-refractivity contribution in [2.75, 3.05) is 0 Å². The van der Waals surface area contributed by atoms with Crippen LogP contribution < -0.4 is 4.74 Å². The molecule has 0 atom stereocenters. The van der Waals surface area contributed by atoms with Gasteiger partial charge in [-0.2, -0.15) is 0 Å². The minimum Gasteiger partial charge on any atom is -0.489 e. The Morgan fingerprint density at radius 2 is 1.54 bits per heavy atom. The van der Waals surface area contributed by atoms with Crippen molar-refractivity contribution in [1.82, 2.24) is 0 Å². The lowest BCUT2D eigenvalue weighted by Gasteiger charge is -2.09. The minimum atomic E-state index is 0.101. The van der Waals surface area contributed by atoms with Crippen LogP contribution in [-0.4, -0.2) is 5.78 Å². The highest BCUT2D eigenvalue weighted by Gasteiger charge is 2.06. The van der Waals surface area contributed by atoms with Gasteiger partial charge in [-0.05, 0) is 48.2 Å². The van der Waals surface area contributed by atoms with Gasteiger partial charge in [-0.25, -0.2) is 0 Å². The Morgan fingerprint density at radius 1 is 0.875 bits per heavy atom. The lowest BCUT2D eigenvalue weighted by molar-refractivity contribution is 0.101. The fourth-order valence-electron chi connectivity index (χ4n) is 2.72. The maximum Gasteiger partial charge on any atom is 0.160 e. The van der Waals surface area contributed by atoms with Gasteiger partial charge in [-0.15, -0.1) is 0 Å². The van der Waals surface area contributed by atoms with Gasteiger partial charge in [0.25, 0.3) is 0 Å². The molecule has 0 aliphatic heterocycles. The van der Waals surface area contributed by atoms with Crippen LogP contribution in [0.2, 0.25) is 0 Å². The van der Waals surface area contributed by atoms with E-state index in [1.165, 1.54) is 0 Å². The number of hydrogen-bond donors (Lipinski definition) is 0. The second kappa shape index (κ2) is 7.14. The Morgan fingerprint density at radius 3 is 2.17 bits per heavy atom. The van der Waals surface area contributed by atoms with E-state index in [9.17, 15) is 4.79 Å². The fourth-order valence-corrected chi connectivity index (χ4v) is 2.72. The normalized spacial score (nSPS) is 10.4. The molecule has 24 heavy (non-hydrogen) atoms. The predicted molar refractivity (Wildman–Crippen MR) is 97.4 cm³/mol. The van der Waals surface area contributed by atoms with Crippen LogP contribution >= 0.6 is 0 Å². The van der Waals surface area contributed by atoms with Crippen molar-refractivity contribution in [2.45, 2.75) is 20.5 Å². The number of carbonyl (C=O) groups excluding carboxylic acids is 1. The van der Waals surface area contributed by atoms with Gasteiger partial charge in [0, 0.05) is 5.56 Å². The second-order valence-corrected chi connectivity index (χ2v) is 5.88. The standard InChI is InChI=1S/C22H20O2/c1-16-14-20(10-13-22(16)17(2)23)19-8-11-21(12-9-19)24-15-18-6-4-3-5-7-18/h3-14H,15H2,1-2H3. The topological polar surface area (TPSA) is 26.3 Å². The SMILES string of the molecule is CC(=O)c1ccc(-c2ccc(OCc3ccccc3)cc2)cc1C. The van der Waals surface area contributed by atoms with E-state index >= 15 is 0 Å². The van der Waals surface area contributed by atoms with Crippen molar-refractivity contribution in [1.29, 1.82) is 0 Å². The first-order valence-electron chi connectivity index (χ1n) is 8.02. The molecular formula is C22H20O2. The third kappa shape index (κ3) is 3.72. The molecule has 0 saturated heterocycles. The molecule has 0 amide bonds. The van der Waals surface area contributed by atoms with Crippen LogP contribution in [0.25, 0.3) is 11.1 Å². The van der Waals surface area contributed by atoms with Gasteiger partial charge in [-0.3, -0.25) is 4.79 Å². The van der Waals surface area contributed by atoms with Crippen LogP contribution in [-0.2, 0) is 6.61 Å². The summed E-state index contributed by atoms with van der Waals surface area (Å²) in [7, 11) is 0. The van der Waals surface area contributed by atoms with Crippen molar-refractivity contribution in [3.8, 4) is 16.9 Å². The van der Waals surface area contributed by atoms with Crippen LogP contribution in [0.3, 0.4) is 0 Å². The first-order chi connectivity index (χ1) is 11.6. The number of carbonyl (C=O) groups is 1. The average molecular weight is 316 g/mol. The van der Waals surface area contributed by atoms with Crippen LogP contribution in [0, 0.1) is 6.92 Å². The highest BCUT2D eigenvalue weighted by Crippen LogP contribution is 2.25. The summed E-state index contributed by atoms with van der Waals surface area (Å²) >= 11 is 0. The monoisotopic (exact) mass is 316 g/mol. The van der Waals surface area contributed by atoms with Crippen molar-refractivity contribution < 1.29 is 9.53 Å². The molecule has 2 nitrogen and oxygen atoms in total. The van der Waals surface area contributed by atoms with E-state index in [0.717, 1.165) is 33.6 Å². The number of rotatable bonds is 5. The Bertz CT molecular complexity index is 834. The molecule has 0 aliphatic carbocycles. The molecule has 3 aromatic carbocycles. The molecule has 0 radical (unpaired) electrons. The van der Waals surface area contributed by atoms with Crippen LogP contribution in [0.5, 0.6) is 5.75 Å². The zero-order valence-corrected chi connectivity index (χ0v) is 14.0. The molecule has 0 fully saturated rings. The van der Waals surface area contributed by atoms with E-state index in [4.69, 9.17) is 4.74 Å². The maximum absolute atomic E-state index is 11.5. The summed E-state index contributed by atoms with van der Waals surface area (Å²) in [5, 5.41) is 0. The van der Waals surface area contributed by atoms with Gasteiger partial charge in [0.15, 0.2) is 5.78 Å². The Hall–Kier alpha value is -2.87.